The molecule has 2 aromatic rings. The van der Waals surface area contributed by atoms with Gasteiger partial charge in [0.1, 0.15) is 6.33 Å². The molecule has 0 radical (unpaired) electrons. The van der Waals surface area contributed by atoms with E-state index >= 15 is 0 Å². The van der Waals surface area contributed by atoms with E-state index in [2.05, 4.69) is 10.3 Å². The van der Waals surface area contributed by atoms with Gasteiger partial charge in [0.05, 0.1) is 0 Å². The molecule has 2 heterocycles. The third kappa shape index (κ3) is 2.25. The number of rotatable bonds is 2. The van der Waals surface area contributed by atoms with Crippen molar-refractivity contribution in [2.45, 2.75) is 6.54 Å². The summed E-state index contributed by atoms with van der Waals surface area (Å²) in [5.74, 6) is 0. The maximum absolute atomic E-state index is 11.5. The molecule has 1 N–H and O–H groups in total. The summed E-state index contributed by atoms with van der Waals surface area (Å²) >= 11 is 0. The van der Waals surface area contributed by atoms with Gasteiger partial charge in [-0.15, -0.1) is 0 Å². The van der Waals surface area contributed by atoms with E-state index in [-0.39, 0.29) is 6.03 Å². The first kappa shape index (κ1) is 9.51. The van der Waals surface area contributed by atoms with Gasteiger partial charge >= 0.3 is 6.03 Å². The average molecular weight is 204 g/mol. The van der Waals surface area contributed by atoms with E-state index in [1.54, 1.807) is 12.4 Å². The Bertz CT molecular complexity index is 444. The fourth-order valence-electron chi connectivity index (χ4n) is 1.31. The smallest absolute Gasteiger partial charge is 0.327 e. The summed E-state index contributed by atoms with van der Waals surface area (Å²) in [4.78, 5) is 15.3. The second kappa shape index (κ2) is 4.00. The van der Waals surface area contributed by atoms with Gasteiger partial charge in [-0.05, 0) is 11.6 Å². The Balaban J connectivity index is 1.91. The molecule has 0 saturated carbocycles. The van der Waals surface area contributed by atoms with Crippen LogP contribution in [0.25, 0.3) is 0 Å². The molecule has 15 heavy (non-hydrogen) atoms. The zero-order valence-corrected chi connectivity index (χ0v) is 8.42. The van der Waals surface area contributed by atoms with E-state index in [0.29, 0.717) is 6.54 Å². The van der Waals surface area contributed by atoms with Gasteiger partial charge in [0.2, 0.25) is 0 Å². The topological polar surface area (TPSA) is 51.9 Å². The highest BCUT2D eigenvalue weighted by Gasteiger charge is 2.02. The molecule has 0 aliphatic heterocycles. The lowest BCUT2D eigenvalue weighted by molar-refractivity contribution is 0.242. The van der Waals surface area contributed by atoms with Crippen molar-refractivity contribution in [3.05, 3.63) is 42.7 Å². The second-order valence-corrected chi connectivity index (χ2v) is 3.31. The van der Waals surface area contributed by atoms with Gasteiger partial charge in [-0.1, -0.05) is 0 Å². The quantitative estimate of drug-likeness (QED) is 0.792. The Labute approximate surface area is 87.4 Å². The fourth-order valence-corrected chi connectivity index (χ4v) is 1.31. The van der Waals surface area contributed by atoms with E-state index in [4.69, 9.17) is 0 Å². The molecule has 2 rings (SSSR count). The maximum atomic E-state index is 11.5. The molecule has 0 saturated heterocycles. The maximum Gasteiger partial charge on any atom is 0.327 e. The van der Waals surface area contributed by atoms with Crippen LogP contribution in [0.1, 0.15) is 5.56 Å². The Hall–Kier alpha value is -2.04. The van der Waals surface area contributed by atoms with Crippen LogP contribution in [0.15, 0.2) is 37.2 Å². The molecule has 0 unspecified atom stereocenters. The monoisotopic (exact) mass is 204 g/mol. The molecule has 0 aliphatic rings. The largest absolute Gasteiger partial charge is 0.357 e. The number of nitrogens with zero attached hydrogens (tertiary/aromatic N) is 3. The Morgan fingerprint density at radius 1 is 1.53 bits per heavy atom. The van der Waals surface area contributed by atoms with E-state index in [1.165, 1.54) is 10.9 Å². The molecule has 0 spiro atoms. The summed E-state index contributed by atoms with van der Waals surface area (Å²) in [6.45, 7) is 0.526. The van der Waals surface area contributed by atoms with E-state index in [0.717, 1.165) is 5.56 Å². The number of carbonyl (C=O) groups is 1. The van der Waals surface area contributed by atoms with Gasteiger partial charge in [-0.25, -0.2) is 9.78 Å². The average Bonchev–Trinajstić information content (AvgIpc) is 2.84. The van der Waals surface area contributed by atoms with Crippen LogP contribution in [0.3, 0.4) is 0 Å². The predicted octanol–water partition coefficient (Wildman–Crippen LogP) is 0.979. The van der Waals surface area contributed by atoms with Crippen LogP contribution in [0, 0.1) is 0 Å². The van der Waals surface area contributed by atoms with Crippen molar-refractivity contribution in [3.8, 4) is 0 Å². The molecule has 2 aromatic heterocycles. The van der Waals surface area contributed by atoms with Crippen molar-refractivity contribution in [1.29, 1.82) is 0 Å². The van der Waals surface area contributed by atoms with Crippen LogP contribution < -0.4 is 5.32 Å². The van der Waals surface area contributed by atoms with Crippen molar-refractivity contribution in [2.75, 3.05) is 0 Å². The minimum Gasteiger partial charge on any atom is -0.357 e. The summed E-state index contributed by atoms with van der Waals surface area (Å²) in [5.41, 5.74) is 1.07. The third-order valence-corrected chi connectivity index (χ3v) is 2.08. The molecule has 0 bridgehead atoms. The zero-order valence-electron chi connectivity index (χ0n) is 8.42. The fraction of sp³-hybridized carbons (Fsp3) is 0.200. The number of nitrogens with one attached hydrogen (secondary N) is 1. The second-order valence-electron chi connectivity index (χ2n) is 3.31. The number of aromatic nitrogens is 3. The first-order valence-electron chi connectivity index (χ1n) is 4.63. The van der Waals surface area contributed by atoms with Crippen molar-refractivity contribution >= 4 is 6.03 Å². The van der Waals surface area contributed by atoms with Crippen LogP contribution in [-0.2, 0) is 13.6 Å². The highest BCUT2D eigenvalue weighted by atomic mass is 16.2. The molecule has 5 heteroatoms. The molecular formula is C10H12N4O. The van der Waals surface area contributed by atoms with Crippen LogP contribution in [0.4, 0.5) is 4.79 Å². The minimum atomic E-state index is -0.170. The molecule has 1 amide bonds. The summed E-state index contributed by atoms with van der Waals surface area (Å²) in [6, 6.07) is 1.80. The molecule has 0 atom stereocenters. The van der Waals surface area contributed by atoms with Gasteiger partial charge in [-0.3, -0.25) is 4.57 Å². The zero-order chi connectivity index (χ0) is 10.7. The number of imidazole rings is 1. The molecule has 78 valence electrons. The van der Waals surface area contributed by atoms with Crippen LogP contribution in [0.5, 0.6) is 0 Å². The van der Waals surface area contributed by atoms with Crippen molar-refractivity contribution in [3.63, 3.8) is 0 Å². The van der Waals surface area contributed by atoms with Crippen molar-refractivity contribution in [2.24, 2.45) is 7.05 Å². The molecular weight excluding hydrogens is 192 g/mol. The van der Waals surface area contributed by atoms with Gasteiger partial charge in [0, 0.05) is 38.4 Å². The number of aryl methyl sites for hydroxylation is 1. The lowest BCUT2D eigenvalue weighted by Gasteiger charge is -2.02. The Kier molecular flexibility index (Phi) is 2.53. The standard InChI is InChI=1S/C10H12N4O/c1-13-4-2-9(7-13)6-12-10(15)14-5-3-11-8-14/h2-5,7-8H,6H2,1H3,(H,12,15). The molecule has 5 nitrogen and oxygen atoms in total. The first-order chi connectivity index (χ1) is 7.25. The third-order valence-electron chi connectivity index (χ3n) is 2.08. The first-order valence-corrected chi connectivity index (χ1v) is 4.63. The number of carbonyl (C=O) groups excluding carboxylic acids is 1. The lowest BCUT2D eigenvalue weighted by Crippen LogP contribution is -2.26. The van der Waals surface area contributed by atoms with E-state index < -0.39 is 0 Å². The lowest BCUT2D eigenvalue weighted by atomic mass is 10.3. The molecule has 0 aromatic carbocycles. The predicted molar refractivity (Wildman–Crippen MR) is 55.3 cm³/mol. The SMILES string of the molecule is Cn1ccc(CNC(=O)n2ccnc2)c1. The van der Waals surface area contributed by atoms with Gasteiger partial charge in [0.25, 0.3) is 0 Å². The Morgan fingerprint density at radius 2 is 2.40 bits per heavy atom. The minimum absolute atomic E-state index is 0.170. The van der Waals surface area contributed by atoms with Gasteiger partial charge in [-0.2, -0.15) is 0 Å². The van der Waals surface area contributed by atoms with Crippen LogP contribution >= 0.6 is 0 Å². The van der Waals surface area contributed by atoms with Gasteiger partial charge < -0.3 is 9.88 Å². The summed E-state index contributed by atoms with van der Waals surface area (Å²) < 4.78 is 3.35. The number of hydrogen-bond acceptors (Lipinski definition) is 2. The van der Waals surface area contributed by atoms with E-state index in [1.807, 2.05) is 30.1 Å². The van der Waals surface area contributed by atoms with Crippen molar-refractivity contribution in [1.82, 2.24) is 19.4 Å². The summed E-state index contributed by atoms with van der Waals surface area (Å²) in [5, 5.41) is 2.79. The number of hydrogen-bond donors (Lipinski definition) is 1. The normalized spacial score (nSPS) is 10.2. The van der Waals surface area contributed by atoms with Crippen molar-refractivity contribution < 1.29 is 4.79 Å². The van der Waals surface area contributed by atoms with E-state index in [9.17, 15) is 4.79 Å². The van der Waals surface area contributed by atoms with Gasteiger partial charge in [0.15, 0.2) is 0 Å². The summed E-state index contributed by atoms with van der Waals surface area (Å²) in [6.07, 6.45) is 8.57. The van der Waals surface area contributed by atoms with Crippen LogP contribution in [-0.4, -0.2) is 20.1 Å². The van der Waals surface area contributed by atoms with Crippen LogP contribution in [0.2, 0.25) is 0 Å². The molecule has 0 aliphatic carbocycles. The number of amides is 1. The molecule has 0 fully saturated rings. The summed E-state index contributed by atoms with van der Waals surface area (Å²) in [7, 11) is 1.95. The Morgan fingerprint density at radius 3 is 3.00 bits per heavy atom. The highest BCUT2D eigenvalue weighted by Crippen LogP contribution is 1.98. The highest BCUT2D eigenvalue weighted by molar-refractivity contribution is 5.76.